The Bertz CT molecular complexity index is 153. The SMILES string of the molecule is I[I-]c1ncccn1. The second-order valence-corrected chi connectivity index (χ2v) is 5.20. The third-order valence-corrected chi connectivity index (χ3v) is 3.97. The Morgan fingerprint density at radius 3 is 2.38 bits per heavy atom. The Hall–Kier alpha value is 0.540. The van der Waals surface area contributed by atoms with E-state index in [4.69, 9.17) is 0 Å². The van der Waals surface area contributed by atoms with Gasteiger partial charge in [-0.05, 0) is 0 Å². The Balaban J connectivity index is 2.83. The van der Waals surface area contributed by atoms with E-state index in [-0.39, 0.29) is 17.2 Å². The van der Waals surface area contributed by atoms with E-state index >= 15 is 0 Å². The fourth-order valence-corrected chi connectivity index (χ4v) is 2.26. The van der Waals surface area contributed by atoms with Crippen molar-refractivity contribution >= 4 is 18.6 Å². The van der Waals surface area contributed by atoms with Crippen molar-refractivity contribution in [3.63, 3.8) is 0 Å². The summed E-state index contributed by atoms with van der Waals surface area (Å²) in [4.78, 5) is 8.06. The first-order chi connectivity index (χ1) is 3.93. The van der Waals surface area contributed by atoms with E-state index in [2.05, 4.69) is 28.6 Å². The van der Waals surface area contributed by atoms with Crippen LogP contribution in [0, 0.1) is 3.83 Å². The van der Waals surface area contributed by atoms with Crippen LogP contribution < -0.4 is 17.2 Å². The number of halogens is 2. The normalized spacial score (nSPS) is 9.62. The van der Waals surface area contributed by atoms with Crippen LogP contribution in [0.5, 0.6) is 0 Å². The molecule has 0 aliphatic rings. The Kier molecular flexibility index (Phi) is 2.95. The Morgan fingerprint density at radius 2 is 2.00 bits per heavy atom. The van der Waals surface area contributed by atoms with E-state index in [0.717, 1.165) is 3.83 Å². The first-order valence-electron chi connectivity index (χ1n) is 1.96. The molecule has 0 fully saturated rings. The molecule has 44 valence electrons. The number of hydrogen-bond acceptors (Lipinski definition) is 2. The molecule has 2 nitrogen and oxygen atoms in total. The monoisotopic (exact) mass is 333 g/mol. The van der Waals surface area contributed by atoms with Gasteiger partial charge in [0.2, 0.25) is 0 Å². The third-order valence-electron chi connectivity index (χ3n) is 0.598. The van der Waals surface area contributed by atoms with Gasteiger partial charge in [-0.1, -0.05) is 0 Å². The molecule has 1 aromatic rings. The van der Waals surface area contributed by atoms with Gasteiger partial charge in [-0.25, -0.2) is 0 Å². The molecule has 0 saturated heterocycles. The van der Waals surface area contributed by atoms with Crippen molar-refractivity contribution in [2.75, 3.05) is 0 Å². The van der Waals surface area contributed by atoms with Gasteiger partial charge in [0.05, 0.1) is 0 Å². The fraction of sp³-hybridized carbons (Fsp3) is 0. The van der Waals surface area contributed by atoms with E-state index < -0.39 is 0 Å². The summed E-state index contributed by atoms with van der Waals surface area (Å²) in [6, 6.07) is 1.83. The second-order valence-electron chi connectivity index (χ2n) is 1.09. The molecule has 0 unspecified atom stereocenters. The van der Waals surface area contributed by atoms with Gasteiger partial charge in [-0.3, -0.25) is 0 Å². The van der Waals surface area contributed by atoms with Gasteiger partial charge in [0, 0.05) is 0 Å². The van der Waals surface area contributed by atoms with Crippen LogP contribution in [0.4, 0.5) is 0 Å². The molecule has 8 heavy (non-hydrogen) atoms. The molecular formula is C4H3I2N2-. The van der Waals surface area contributed by atoms with Gasteiger partial charge in [-0.2, -0.15) is 0 Å². The van der Waals surface area contributed by atoms with Gasteiger partial charge in [-0.15, -0.1) is 0 Å². The first kappa shape index (κ1) is 6.66. The molecular weight excluding hydrogens is 330 g/mol. The van der Waals surface area contributed by atoms with Gasteiger partial charge < -0.3 is 0 Å². The summed E-state index contributed by atoms with van der Waals surface area (Å²) < 4.78 is 1.01. The van der Waals surface area contributed by atoms with Crippen molar-refractivity contribution in [1.29, 1.82) is 0 Å². The summed E-state index contributed by atoms with van der Waals surface area (Å²) in [6.45, 7) is 0. The minimum atomic E-state index is 0.0571. The summed E-state index contributed by atoms with van der Waals surface area (Å²) >= 11 is 2.40. The zero-order chi connectivity index (χ0) is 5.82. The molecule has 0 atom stereocenters. The van der Waals surface area contributed by atoms with Crippen LogP contribution in [0.2, 0.25) is 0 Å². The fourth-order valence-electron chi connectivity index (χ4n) is 0.318. The molecule has 4 heteroatoms. The predicted molar refractivity (Wildman–Crippen MR) is 34.7 cm³/mol. The number of hydrogen-bond donors (Lipinski definition) is 0. The molecule has 0 aromatic carbocycles. The number of nitrogens with zero attached hydrogens (tertiary/aromatic N) is 2. The summed E-state index contributed by atoms with van der Waals surface area (Å²) in [5.74, 6) is 0. The van der Waals surface area contributed by atoms with Gasteiger partial charge >= 0.3 is 68.1 Å². The zero-order valence-electron chi connectivity index (χ0n) is 3.88. The molecule has 1 rings (SSSR count). The summed E-state index contributed by atoms with van der Waals surface area (Å²) in [5, 5.41) is 0. The molecule has 0 aliphatic heterocycles. The van der Waals surface area contributed by atoms with Crippen LogP contribution in [-0.2, 0) is 0 Å². The van der Waals surface area contributed by atoms with Crippen molar-refractivity contribution in [1.82, 2.24) is 9.97 Å². The molecule has 0 saturated carbocycles. The second kappa shape index (κ2) is 3.54. The molecule has 0 amide bonds. The summed E-state index contributed by atoms with van der Waals surface area (Å²) in [6.07, 6.45) is 3.56. The third kappa shape index (κ3) is 1.81. The Labute approximate surface area is 67.6 Å². The zero-order valence-corrected chi connectivity index (χ0v) is 8.20. The van der Waals surface area contributed by atoms with Crippen molar-refractivity contribution in [2.24, 2.45) is 0 Å². The van der Waals surface area contributed by atoms with Crippen molar-refractivity contribution in [3.8, 4) is 0 Å². The number of aromatic nitrogens is 2. The molecule has 0 spiro atoms. The topological polar surface area (TPSA) is 25.8 Å². The average Bonchev–Trinajstić information content (AvgIpc) is 1.90. The predicted octanol–water partition coefficient (Wildman–Crippen LogP) is -1.91. The molecule has 0 radical (unpaired) electrons. The minimum absolute atomic E-state index is 0.0571. The van der Waals surface area contributed by atoms with Crippen molar-refractivity contribution in [2.45, 2.75) is 0 Å². The standard InChI is InChI=1S/C4H3I2N2/c5-6-4-7-2-1-3-8-4/h1-3H/q-1. The first-order valence-corrected chi connectivity index (χ1v) is 9.33. The summed E-state index contributed by atoms with van der Waals surface area (Å²) in [5.41, 5.74) is 0. The average molecular weight is 333 g/mol. The molecule has 1 heterocycles. The van der Waals surface area contributed by atoms with Gasteiger partial charge in [0.1, 0.15) is 0 Å². The van der Waals surface area contributed by atoms with Crippen LogP contribution in [-0.4, -0.2) is 9.97 Å². The van der Waals surface area contributed by atoms with Gasteiger partial charge in [0.25, 0.3) is 0 Å². The van der Waals surface area contributed by atoms with Crippen LogP contribution in [0.15, 0.2) is 18.5 Å². The Morgan fingerprint density at radius 1 is 1.38 bits per heavy atom. The molecule has 1 aromatic heterocycles. The maximum atomic E-state index is 4.03. The van der Waals surface area contributed by atoms with Crippen LogP contribution in [0.3, 0.4) is 0 Å². The van der Waals surface area contributed by atoms with E-state index in [1.165, 1.54) is 0 Å². The van der Waals surface area contributed by atoms with E-state index in [1.54, 1.807) is 12.4 Å². The summed E-state index contributed by atoms with van der Waals surface area (Å²) in [7, 11) is 0. The molecule has 0 bridgehead atoms. The maximum absolute atomic E-state index is 4.03. The van der Waals surface area contributed by atoms with Crippen molar-refractivity contribution < 1.29 is 17.2 Å². The molecule has 0 aliphatic carbocycles. The van der Waals surface area contributed by atoms with Crippen molar-refractivity contribution in [3.05, 3.63) is 22.3 Å². The molecule has 0 N–H and O–H groups in total. The van der Waals surface area contributed by atoms with Crippen LogP contribution in [0.25, 0.3) is 0 Å². The quantitative estimate of drug-likeness (QED) is 0.443. The van der Waals surface area contributed by atoms with Crippen LogP contribution in [0.1, 0.15) is 0 Å². The van der Waals surface area contributed by atoms with Gasteiger partial charge in [0.15, 0.2) is 0 Å². The van der Waals surface area contributed by atoms with E-state index in [1.807, 2.05) is 6.07 Å². The number of rotatable bonds is 1. The van der Waals surface area contributed by atoms with E-state index in [0.29, 0.717) is 0 Å². The van der Waals surface area contributed by atoms with E-state index in [9.17, 15) is 0 Å². The van der Waals surface area contributed by atoms with Crippen LogP contribution >= 0.6 is 18.6 Å².